The number of carboxylic acids is 1. The first kappa shape index (κ1) is 38.1. The molecule has 268 valence electrons. The molecule has 0 spiro atoms. The van der Waals surface area contributed by atoms with Crippen LogP contribution >= 0.6 is 0 Å². The zero-order valence-electron chi connectivity index (χ0n) is 30.1. The van der Waals surface area contributed by atoms with Crippen molar-refractivity contribution in [3.8, 4) is 17.2 Å². The van der Waals surface area contributed by atoms with Crippen LogP contribution in [0.5, 0.6) is 17.2 Å². The number of phenols is 1. The second kappa shape index (κ2) is 14.2. The number of carbonyl (C=O) groups is 3. The SMILES string of the molecule is CC(C)=CCc1c2c(c(O)c3c1OC1/C(=C\C(C=O)CC(C)C(C)(C)OC1C/C=C(/C)C(=O)O)C3=O)C=C[C@@](C)(CCC(O)C(C)(C)O)O2. The van der Waals surface area contributed by atoms with Crippen LogP contribution in [0, 0.1) is 11.8 Å². The number of allylic oxidation sites excluding steroid dienone is 3. The molecule has 3 aliphatic rings. The van der Waals surface area contributed by atoms with Gasteiger partial charge in [0.15, 0.2) is 11.9 Å². The van der Waals surface area contributed by atoms with E-state index in [2.05, 4.69) is 0 Å². The molecule has 10 nitrogen and oxygen atoms in total. The van der Waals surface area contributed by atoms with Crippen LogP contribution in [0.1, 0.15) is 109 Å². The third-order valence-electron chi connectivity index (χ3n) is 10.1. The number of ether oxygens (including phenoxy) is 3. The van der Waals surface area contributed by atoms with Crippen LogP contribution in [-0.2, 0) is 20.7 Å². The lowest BCUT2D eigenvalue weighted by Crippen LogP contribution is -2.46. The van der Waals surface area contributed by atoms with Gasteiger partial charge in [-0.3, -0.25) is 4.79 Å². The average molecular weight is 681 g/mol. The van der Waals surface area contributed by atoms with E-state index >= 15 is 0 Å². The van der Waals surface area contributed by atoms with Gasteiger partial charge in [0, 0.05) is 22.6 Å². The molecule has 4 rings (SSSR count). The highest BCUT2D eigenvalue weighted by Crippen LogP contribution is 2.52. The number of aldehydes is 1. The maximum atomic E-state index is 14.6. The molecule has 1 aromatic rings. The number of aliphatic hydroxyl groups is 2. The number of aromatic hydroxyl groups is 1. The highest BCUT2D eigenvalue weighted by molar-refractivity contribution is 6.15. The summed E-state index contributed by atoms with van der Waals surface area (Å²) in [5, 5.41) is 42.2. The Hall–Kier alpha value is -3.73. The quantitative estimate of drug-likeness (QED) is 0.126. The monoisotopic (exact) mass is 680 g/mol. The van der Waals surface area contributed by atoms with Crippen molar-refractivity contribution in [3.63, 3.8) is 0 Å². The lowest BCUT2D eigenvalue weighted by Gasteiger charge is -2.41. The van der Waals surface area contributed by atoms with Crippen LogP contribution < -0.4 is 9.47 Å². The number of fused-ring (bicyclic) bond motifs is 3. The van der Waals surface area contributed by atoms with Gasteiger partial charge in [-0.2, -0.15) is 0 Å². The third-order valence-corrected chi connectivity index (χ3v) is 10.1. The predicted octanol–water partition coefficient (Wildman–Crippen LogP) is 6.29. The van der Waals surface area contributed by atoms with Gasteiger partial charge in [0.2, 0.25) is 0 Å². The Labute approximate surface area is 289 Å². The first-order valence-electron chi connectivity index (χ1n) is 17.0. The van der Waals surface area contributed by atoms with Crippen LogP contribution in [0.2, 0.25) is 0 Å². The van der Waals surface area contributed by atoms with Crippen molar-refractivity contribution in [2.45, 2.75) is 130 Å². The Morgan fingerprint density at radius 1 is 1.14 bits per heavy atom. The smallest absolute Gasteiger partial charge is 0.330 e. The van der Waals surface area contributed by atoms with E-state index in [0.717, 1.165) is 11.9 Å². The minimum atomic E-state index is -1.31. The molecular weight excluding hydrogens is 628 g/mol. The van der Waals surface area contributed by atoms with Gasteiger partial charge in [-0.25, -0.2) is 4.79 Å². The predicted molar refractivity (Wildman–Crippen MR) is 186 cm³/mol. The second-order valence-corrected chi connectivity index (χ2v) is 15.3. The standard InChI is InChI=1S/C39H52O10/c1-21(2)10-12-26-33-25(14-16-39(9,49-33)17-15-29(41)37(5,6)46)31(42)30-32(43)27-19-24(20-40)18-23(4)38(7,8)48-28(34(27)47-35(26)30)13-11-22(3)36(44)45/h10-11,14,16,19-20,23-24,28-29,34,41-42,46H,12-13,15,17-18H2,1-9H3,(H,44,45)/b22-11-,27-19-/t23?,24?,28?,29?,34?,39-/m0/s1. The molecular formula is C39H52O10. The maximum Gasteiger partial charge on any atom is 0.330 e. The Morgan fingerprint density at radius 2 is 1.82 bits per heavy atom. The first-order valence-corrected chi connectivity index (χ1v) is 17.0. The fraction of sp³-hybridized carbons (Fsp3) is 0.564. The van der Waals surface area contributed by atoms with E-state index in [4.69, 9.17) is 14.2 Å². The zero-order valence-corrected chi connectivity index (χ0v) is 30.1. The lowest BCUT2D eigenvalue weighted by molar-refractivity contribution is -0.133. The van der Waals surface area contributed by atoms with Crippen molar-refractivity contribution in [1.82, 2.24) is 0 Å². The first-order chi connectivity index (χ1) is 22.7. The van der Waals surface area contributed by atoms with E-state index in [0.29, 0.717) is 36.1 Å². The molecule has 0 fully saturated rings. The van der Waals surface area contributed by atoms with Gasteiger partial charge in [-0.15, -0.1) is 0 Å². The van der Waals surface area contributed by atoms with Crippen molar-refractivity contribution in [2.24, 2.45) is 11.8 Å². The molecule has 0 saturated heterocycles. The van der Waals surface area contributed by atoms with Gasteiger partial charge >= 0.3 is 5.97 Å². The molecule has 4 N–H and O–H groups in total. The average Bonchev–Trinajstić information content (AvgIpc) is 3.04. The molecule has 5 unspecified atom stereocenters. The summed E-state index contributed by atoms with van der Waals surface area (Å²) in [7, 11) is 0. The molecule has 0 bridgehead atoms. The number of carboxylic acid groups (broad SMARTS) is 1. The summed E-state index contributed by atoms with van der Waals surface area (Å²) in [5.41, 5.74) is -0.934. The number of hydrogen-bond acceptors (Lipinski definition) is 9. The molecule has 0 aromatic heterocycles. The van der Waals surface area contributed by atoms with Crippen LogP contribution in [-0.4, -0.2) is 73.6 Å². The molecule has 6 atom stereocenters. The topological polar surface area (TPSA) is 160 Å². The summed E-state index contributed by atoms with van der Waals surface area (Å²) >= 11 is 0. The minimum Gasteiger partial charge on any atom is -0.506 e. The second-order valence-electron chi connectivity index (χ2n) is 15.3. The summed E-state index contributed by atoms with van der Waals surface area (Å²) in [6.45, 7) is 16.1. The summed E-state index contributed by atoms with van der Waals surface area (Å²) in [6.07, 6.45) is 7.90. The molecule has 3 aliphatic heterocycles. The molecule has 1 aromatic carbocycles. The van der Waals surface area contributed by atoms with Gasteiger partial charge in [0.1, 0.15) is 40.8 Å². The summed E-state index contributed by atoms with van der Waals surface area (Å²) in [5.74, 6) is -2.19. The number of Topliss-reactive ketones (excluding diaryl/α,β-unsaturated/α-hetero) is 1. The van der Waals surface area contributed by atoms with Crippen molar-refractivity contribution < 1.29 is 49.0 Å². The number of aliphatic hydroxyl groups excluding tert-OH is 1. The molecule has 3 heterocycles. The van der Waals surface area contributed by atoms with Gasteiger partial charge in [-0.1, -0.05) is 30.7 Å². The van der Waals surface area contributed by atoms with Crippen molar-refractivity contribution in [2.75, 3.05) is 0 Å². The fourth-order valence-corrected chi connectivity index (χ4v) is 6.42. The van der Waals surface area contributed by atoms with Crippen LogP contribution in [0.3, 0.4) is 0 Å². The summed E-state index contributed by atoms with van der Waals surface area (Å²) in [6, 6.07) is 0. The molecule has 10 heteroatoms. The zero-order chi connectivity index (χ0) is 36.6. The number of rotatable bonds is 10. The number of benzene rings is 1. The van der Waals surface area contributed by atoms with E-state index in [1.54, 1.807) is 24.3 Å². The fourth-order valence-electron chi connectivity index (χ4n) is 6.42. The number of carbonyl (C=O) groups excluding carboxylic acids is 2. The van der Waals surface area contributed by atoms with E-state index in [1.807, 2.05) is 47.6 Å². The number of aliphatic carboxylic acids is 1. The van der Waals surface area contributed by atoms with Crippen molar-refractivity contribution >= 4 is 24.1 Å². The Balaban J connectivity index is 1.93. The maximum absolute atomic E-state index is 14.6. The highest BCUT2D eigenvalue weighted by atomic mass is 16.6. The van der Waals surface area contributed by atoms with E-state index in [9.17, 15) is 34.8 Å². The molecule has 0 amide bonds. The van der Waals surface area contributed by atoms with Gasteiger partial charge < -0.3 is 39.4 Å². The Kier molecular flexibility index (Phi) is 11.1. The van der Waals surface area contributed by atoms with E-state index in [1.165, 1.54) is 20.8 Å². The summed E-state index contributed by atoms with van der Waals surface area (Å²) < 4.78 is 20.1. The molecule has 0 aliphatic carbocycles. The largest absolute Gasteiger partial charge is 0.506 e. The Bertz CT molecular complexity index is 1600. The van der Waals surface area contributed by atoms with E-state index < -0.39 is 52.8 Å². The van der Waals surface area contributed by atoms with Crippen LogP contribution in [0.25, 0.3) is 6.08 Å². The van der Waals surface area contributed by atoms with Gasteiger partial charge in [0.05, 0.1) is 22.9 Å². The van der Waals surface area contributed by atoms with Crippen LogP contribution in [0.15, 0.2) is 41.0 Å². The number of hydrogen-bond donors (Lipinski definition) is 4. The Morgan fingerprint density at radius 3 is 2.41 bits per heavy atom. The van der Waals surface area contributed by atoms with Crippen molar-refractivity contribution in [1.29, 1.82) is 0 Å². The number of phenolic OH excluding ortho intramolecular Hbond substituents is 1. The van der Waals surface area contributed by atoms with Crippen LogP contribution in [0.4, 0.5) is 0 Å². The summed E-state index contributed by atoms with van der Waals surface area (Å²) in [4.78, 5) is 38.7. The molecule has 0 radical (unpaired) electrons. The third kappa shape index (κ3) is 8.19. The highest BCUT2D eigenvalue weighted by Gasteiger charge is 2.46. The van der Waals surface area contributed by atoms with Gasteiger partial charge in [0.25, 0.3) is 0 Å². The minimum absolute atomic E-state index is 0.0417. The number of ketones is 1. The molecule has 49 heavy (non-hydrogen) atoms. The lowest BCUT2D eigenvalue weighted by atomic mass is 9.82. The van der Waals surface area contributed by atoms with Gasteiger partial charge in [-0.05, 0) is 106 Å². The van der Waals surface area contributed by atoms with E-state index in [-0.39, 0.29) is 47.0 Å². The normalized spacial score (nSPS) is 28.1. The molecule has 0 saturated carbocycles. The van der Waals surface area contributed by atoms with Crippen molar-refractivity contribution in [3.05, 3.63) is 57.7 Å².